The first-order valence-electron chi connectivity index (χ1n) is 40.5. The third kappa shape index (κ3) is 29.3. The fraction of sp³-hybridized carbons (Fsp3) is 0.528. The third-order valence-electron chi connectivity index (χ3n) is 21.2. The molecular weight excluding hydrogens is 1590 g/mol. The van der Waals surface area contributed by atoms with E-state index in [1.807, 2.05) is 60.7 Å². The number of carbonyl (C=O) groups excluding carboxylic acids is 15. The molecule has 0 aromatic heterocycles. The van der Waals surface area contributed by atoms with Crippen LogP contribution in [0.4, 0.5) is 14.4 Å². The Morgan fingerprint density at radius 3 is 1.37 bits per heavy atom. The Morgan fingerprint density at radius 2 is 0.966 bits per heavy atom. The molecule has 4 unspecified atom stereocenters. The monoisotopic (exact) mass is 1710 g/mol. The molecule has 12 amide bonds. The SMILES string of the molecule is CCOC(=O)C(C#N)=C1CCCCC1.CCOC(=O)C(C)(C#N)C1=CCCCC1.CCOC(=O)CC#N.CN1C(=O)N(CC(=O)c2ccccc2)C(=O)C(C)(C2=CCCCC2)C1=O.CN1C(=O)NC(=N)C(C)(C2=CCCCC2)C1=O.CN1C(=O)NC(=O)C(C)(C2=CCCCC2)C1=O.O=C(CBr)c1ccccc1.O=C1CCCCC1.[CH2+]CC(N)=O. The summed E-state index contributed by atoms with van der Waals surface area (Å²) in [5.74, 6) is -3.79. The first kappa shape index (κ1) is 102. The minimum atomic E-state index is -1.42. The number of hydrogen-bond acceptors (Lipinski definition) is 22. The highest BCUT2D eigenvalue weighted by atomic mass is 79.9. The van der Waals surface area contributed by atoms with E-state index in [1.54, 1.807) is 84.9 Å². The number of hydrogen-bond donors (Lipinski definition) is 4. The lowest BCUT2D eigenvalue weighted by atomic mass is 9.73. The number of ketones is 3. The number of nitriles is 3. The molecule has 3 heterocycles. The number of ether oxygens (including phenoxy) is 3. The van der Waals surface area contributed by atoms with Crippen LogP contribution in [0.25, 0.3) is 0 Å². The van der Waals surface area contributed by atoms with Gasteiger partial charge in [-0.15, -0.1) is 0 Å². The average molecular weight is 1710 g/mol. The Balaban J connectivity index is 0.000000358. The minimum Gasteiger partial charge on any atom is -0.465 e. The van der Waals surface area contributed by atoms with Crippen molar-refractivity contribution in [2.45, 2.75) is 228 Å². The molecule has 4 atom stereocenters. The number of carbonyl (C=O) groups is 15. The first-order chi connectivity index (χ1) is 56.6. The number of nitrogens with one attached hydrogen (secondary N) is 3. The summed E-state index contributed by atoms with van der Waals surface area (Å²) in [7, 11) is 4.20. The summed E-state index contributed by atoms with van der Waals surface area (Å²) < 4.78 is 14.2. The van der Waals surface area contributed by atoms with Crippen LogP contribution in [0.1, 0.15) is 249 Å². The molecule has 9 aliphatic rings. The Labute approximate surface area is 707 Å². The summed E-state index contributed by atoms with van der Waals surface area (Å²) in [4.78, 5) is 178. The maximum atomic E-state index is 13.1. The Hall–Kier alpha value is -11.3. The van der Waals surface area contributed by atoms with Gasteiger partial charge in [-0.3, -0.25) is 83.6 Å². The number of halogens is 1. The van der Waals surface area contributed by atoms with Crippen molar-refractivity contribution in [3.8, 4) is 18.2 Å². The predicted octanol–water partition coefficient (Wildman–Crippen LogP) is 14.5. The van der Waals surface area contributed by atoms with Crippen molar-refractivity contribution in [3.63, 3.8) is 0 Å². The Morgan fingerprint density at radius 1 is 0.546 bits per heavy atom. The summed E-state index contributed by atoms with van der Waals surface area (Å²) >= 11 is 3.10. The number of Topliss-reactive ketones (excluding diaryl/α,β-unsaturated/α-hetero) is 3. The number of urea groups is 3. The fourth-order valence-corrected chi connectivity index (χ4v) is 14.2. The molecule has 2 aromatic carbocycles. The highest BCUT2D eigenvalue weighted by Crippen LogP contribution is 2.43. The highest BCUT2D eigenvalue weighted by Gasteiger charge is 2.56. The molecule has 642 valence electrons. The van der Waals surface area contributed by atoms with Gasteiger partial charge in [0.2, 0.25) is 23.6 Å². The van der Waals surface area contributed by atoms with Crippen LogP contribution < -0.4 is 16.4 Å². The number of nitrogens with zero attached hydrogens (tertiary/aromatic N) is 7. The zero-order chi connectivity index (χ0) is 89.1. The van der Waals surface area contributed by atoms with E-state index >= 15 is 0 Å². The maximum Gasteiger partial charge on any atom is 0.348 e. The maximum absolute atomic E-state index is 13.1. The van der Waals surface area contributed by atoms with Gasteiger partial charge in [-0.05, 0) is 212 Å². The molecule has 6 aliphatic carbocycles. The number of rotatable bonds is 16. The zero-order valence-corrected chi connectivity index (χ0v) is 72.1. The van der Waals surface area contributed by atoms with Crippen LogP contribution in [-0.2, 0) is 62.2 Å². The number of nitrogens with two attached hydrogens (primary N) is 1. The second kappa shape index (κ2) is 51.8. The van der Waals surface area contributed by atoms with Gasteiger partial charge < -0.3 is 19.9 Å². The van der Waals surface area contributed by atoms with Crippen molar-refractivity contribution in [2.75, 3.05) is 52.8 Å². The van der Waals surface area contributed by atoms with Crippen LogP contribution in [0, 0.1) is 68.0 Å². The van der Waals surface area contributed by atoms with Crippen LogP contribution in [0.3, 0.4) is 0 Å². The van der Waals surface area contributed by atoms with Crippen LogP contribution in [0.2, 0.25) is 0 Å². The molecule has 5 fully saturated rings. The molecule has 2 aromatic rings. The van der Waals surface area contributed by atoms with Crippen LogP contribution in [0.5, 0.6) is 0 Å². The molecule has 3 aliphatic heterocycles. The molecule has 0 bridgehead atoms. The molecule has 0 spiro atoms. The van der Waals surface area contributed by atoms with Gasteiger partial charge in [0.1, 0.15) is 45.9 Å². The van der Waals surface area contributed by atoms with Crippen molar-refractivity contribution >= 4 is 111 Å². The zero-order valence-electron chi connectivity index (χ0n) is 70.6. The van der Waals surface area contributed by atoms with E-state index in [-0.39, 0.29) is 54.2 Å². The van der Waals surface area contributed by atoms with E-state index in [9.17, 15) is 71.9 Å². The minimum absolute atomic E-state index is 0.00116. The summed E-state index contributed by atoms with van der Waals surface area (Å²) in [5, 5.41) is 38.9. The quantitative estimate of drug-likeness (QED) is 0.0140. The number of benzene rings is 2. The molecule has 3 saturated heterocycles. The number of alkyl halides is 1. The number of amidine groups is 1. The fourth-order valence-electron chi connectivity index (χ4n) is 13.9. The van der Waals surface area contributed by atoms with Gasteiger partial charge >= 0.3 is 36.0 Å². The standard InChI is InChI=1S/C20H22N2O4.C12H17N3O2.C12H16N2O3.C12H17NO2.C11H15NO2.C8H7BrO.C6H10O.C5H7NO2.C3H5NO/c1-20(15-11-7-4-8-12-15)17(24)21(2)19(26)22(18(20)25)13-16(23)14-9-5-3-6-10-14;1-12(8-6-4-3-5-7-8)9(13)14-11(17)15(2)10(12)16;1-12(8-6-4-3-5-7-8)9(15)13-11(17)14(2)10(12)16;1-3-15-11(14)12(2,9-13)10-7-5-4-6-8-10;1-2-14-11(13)10(8-12)9-6-4-3-5-7-9;9-6-8(10)7-4-2-1-3-5-7;7-6-4-2-1-3-5-6;1-2-8-5(7)3-4-6;1-2-3(4)5/h3,5-6,9-11H,4,7-8,12-13H2,1-2H3;6H,3-5,7H2,1-2H3,(H2,13,14,17);6H,3-5,7H2,1-2H3,(H,13,15,17);7H,3-6,8H2,1-2H3;2-7H2,1H3;1-5H,6H2;1-5H2;2-3H2,1H3;1-2H2,(H-,4,5)/p+1. The van der Waals surface area contributed by atoms with E-state index < -0.39 is 81.3 Å². The normalized spacial score (nSPS) is 21.1. The first-order valence-corrected chi connectivity index (χ1v) is 41.7. The lowest BCUT2D eigenvalue weighted by Crippen LogP contribution is -2.64. The van der Waals surface area contributed by atoms with E-state index in [2.05, 4.69) is 50.0 Å². The third-order valence-corrected chi connectivity index (χ3v) is 21.8. The molecule has 119 heavy (non-hydrogen) atoms. The van der Waals surface area contributed by atoms with Gasteiger partial charge in [-0.2, -0.15) is 15.8 Å². The molecule has 30 heteroatoms. The molecule has 5 N–H and O–H groups in total. The molecule has 29 nitrogen and oxygen atoms in total. The predicted molar refractivity (Wildman–Crippen MR) is 448 cm³/mol. The number of amides is 12. The number of esters is 3. The van der Waals surface area contributed by atoms with Crippen molar-refractivity contribution in [2.24, 2.45) is 27.4 Å². The summed E-state index contributed by atoms with van der Waals surface area (Å²) in [6.45, 7) is 15.6. The summed E-state index contributed by atoms with van der Waals surface area (Å²) in [6.07, 6.45) is 33.4. The molecule has 11 rings (SSSR count). The topological polar surface area (TPSA) is 442 Å². The second-order valence-electron chi connectivity index (χ2n) is 29.6. The second-order valence-corrected chi connectivity index (χ2v) is 30.2. The van der Waals surface area contributed by atoms with Crippen LogP contribution in [0.15, 0.2) is 118 Å². The van der Waals surface area contributed by atoms with E-state index in [1.165, 1.54) is 34.0 Å². The van der Waals surface area contributed by atoms with Gasteiger partial charge in [0.25, 0.3) is 11.8 Å². The van der Waals surface area contributed by atoms with Gasteiger partial charge in [0.05, 0.1) is 50.8 Å². The smallest absolute Gasteiger partial charge is 0.348 e. The van der Waals surface area contributed by atoms with E-state index in [4.69, 9.17) is 30.7 Å². The largest absolute Gasteiger partial charge is 0.465 e. The van der Waals surface area contributed by atoms with Crippen molar-refractivity contribution in [3.05, 3.63) is 136 Å². The number of allylic oxidation sites excluding steroid dienone is 5. The average Bonchev–Trinajstić information content (AvgIpc) is 0.746. The van der Waals surface area contributed by atoms with Gasteiger partial charge in [0.15, 0.2) is 23.4 Å². The summed E-state index contributed by atoms with van der Waals surface area (Å²) in [5.41, 5.74) is 5.80. The molecule has 2 saturated carbocycles. The summed E-state index contributed by atoms with van der Waals surface area (Å²) in [6, 6.07) is 21.5. The number of imide groups is 5. The van der Waals surface area contributed by atoms with Gasteiger partial charge in [0, 0.05) is 45.1 Å². The van der Waals surface area contributed by atoms with Crippen molar-refractivity contribution in [1.82, 2.24) is 30.2 Å². The van der Waals surface area contributed by atoms with E-state index in [0.717, 1.165) is 201 Å². The number of barbiturate groups is 2. The van der Waals surface area contributed by atoms with Crippen LogP contribution >= 0.6 is 15.9 Å². The lowest BCUT2D eigenvalue weighted by Gasteiger charge is -2.42. The van der Waals surface area contributed by atoms with Gasteiger partial charge in [-0.1, -0.05) is 119 Å². The Bertz CT molecular complexity index is 4190. The van der Waals surface area contributed by atoms with Crippen molar-refractivity contribution in [1.29, 1.82) is 21.2 Å². The highest BCUT2D eigenvalue weighted by molar-refractivity contribution is 9.09. The Kier molecular flexibility index (Phi) is 44.3. The van der Waals surface area contributed by atoms with Gasteiger partial charge in [-0.25, -0.2) is 24.0 Å². The lowest BCUT2D eigenvalue weighted by molar-refractivity contribution is -0.154. The van der Waals surface area contributed by atoms with Crippen molar-refractivity contribution < 1.29 is 86.1 Å². The van der Waals surface area contributed by atoms with E-state index in [0.29, 0.717) is 42.9 Å². The molecule has 0 radical (unpaired) electrons. The number of primary amides is 1. The molecular formula is C89H117BrN11O18+. The van der Waals surface area contributed by atoms with Crippen LogP contribution in [-0.4, -0.2) is 167 Å².